The molecule has 23 valence electrons. The molecule has 0 amide bonds. The van der Waals surface area contributed by atoms with Crippen LogP contribution >= 0.6 is 0 Å². The molecule has 0 aliphatic carbocycles. The van der Waals surface area contributed by atoms with E-state index >= 15 is 0 Å². The van der Waals surface area contributed by atoms with Gasteiger partial charge in [-0.1, -0.05) is 0 Å². The summed E-state index contributed by atoms with van der Waals surface area (Å²) in [7, 11) is 0. The van der Waals surface area contributed by atoms with Gasteiger partial charge >= 0.3 is 0 Å². The van der Waals surface area contributed by atoms with Gasteiger partial charge in [-0.3, -0.25) is 0 Å². The van der Waals surface area contributed by atoms with Crippen LogP contribution in [0.1, 0.15) is 0 Å². The first kappa shape index (κ1) is 31.4. The zero-order valence-corrected chi connectivity index (χ0v) is 7.85. The van der Waals surface area contributed by atoms with Crippen LogP contribution in [-0.4, -0.2) is 0 Å². The minimum absolute atomic E-state index is 0. The van der Waals surface area contributed by atoms with E-state index in [1.807, 2.05) is 0 Å². The second-order valence-electron chi connectivity index (χ2n) is 0. The largest absolute Gasteiger partial charge is 0 e. The molecule has 0 N–H and O–H groups in total. The summed E-state index contributed by atoms with van der Waals surface area (Å²) in [5, 5.41) is 0. The van der Waals surface area contributed by atoms with Crippen LogP contribution in [0.3, 0.4) is 0 Å². The molecule has 0 aromatic heterocycles. The molecular formula is CrFeNbTi. The molecule has 0 aromatic carbocycles. The normalized spacial score (nSPS) is 0. The Balaban J connectivity index is 0. The third kappa shape index (κ3) is 8.82. The van der Waals surface area contributed by atoms with E-state index in [-0.39, 0.29) is 78.5 Å². The van der Waals surface area contributed by atoms with Gasteiger partial charge in [0.1, 0.15) is 0 Å². The summed E-state index contributed by atoms with van der Waals surface area (Å²) in [6, 6.07) is 0. The second-order valence-corrected chi connectivity index (χ2v) is 0. The summed E-state index contributed by atoms with van der Waals surface area (Å²) in [6.07, 6.45) is 0. The molecule has 0 heterocycles. The molecule has 0 aliphatic heterocycles. The molecule has 0 unspecified atom stereocenters. The van der Waals surface area contributed by atoms with Gasteiger partial charge in [-0.25, -0.2) is 0 Å². The predicted molar refractivity (Wildman–Crippen MR) is 0 cm³/mol. The molecule has 0 bridgehead atoms. The summed E-state index contributed by atoms with van der Waals surface area (Å²) in [6.45, 7) is 0. The van der Waals surface area contributed by atoms with Crippen LogP contribution in [0.4, 0.5) is 0 Å². The van der Waals surface area contributed by atoms with E-state index in [9.17, 15) is 0 Å². The summed E-state index contributed by atoms with van der Waals surface area (Å²) in [4.78, 5) is 0. The molecule has 0 saturated heterocycles. The van der Waals surface area contributed by atoms with Gasteiger partial charge in [-0.2, -0.15) is 0 Å². The van der Waals surface area contributed by atoms with Crippen molar-refractivity contribution in [1.82, 2.24) is 0 Å². The van der Waals surface area contributed by atoms with Crippen LogP contribution in [0, 0.1) is 0 Å². The van der Waals surface area contributed by atoms with E-state index in [0.29, 0.717) is 0 Å². The molecule has 4 heavy (non-hydrogen) atoms. The van der Waals surface area contributed by atoms with Gasteiger partial charge in [0.05, 0.1) is 0 Å². The second kappa shape index (κ2) is 17.8. The van der Waals surface area contributed by atoms with Crippen molar-refractivity contribution < 1.29 is 78.5 Å². The Morgan fingerprint density at radius 1 is 1.00 bits per heavy atom. The van der Waals surface area contributed by atoms with Crippen LogP contribution in [0.25, 0.3) is 0 Å². The Hall–Kier alpha value is 2.51. The van der Waals surface area contributed by atoms with Crippen molar-refractivity contribution in [1.29, 1.82) is 0 Å². The van der Waals surface area contributed by atoms with E-state index in [2.05, 4.69) is 0 Å². The Labute approximate surface area is 77.5 Å². The van der Waals surface area contributed by atoms with Crippen molar-refractivity contribution in [2.24, 2.45) is 0 Å². The van der Waals surface area contributed by atoms with Crippen LogP contribution in [0.2, 0.25) is 0 Å². The van der Waals surface area contributed by atoms with E-state index in [0.717, 1.165) is 0 Å². The fourth-order valence-corrected chi connectivity index (χ4v) is 0. The van der Waals surface area contributed by atoms with Crippen molar-refractivity contribution in [3.8, 4) is 0 Å². The SMILES string of the molecule is [Cr].[Fe].[Nb].[Ti]. The smallest absolute Gasteiger partial charge is 0 e. The van der Waals surface area contributed by atoms with E-state index in [1.165, 1.54) is 0 Å². The molecule has 1 radical (unpaired) electrons. The molecule has 0 saturated carbocycles. The maximum absolute atomic E-state index is 0. The molecule has 0 nitrogen and oxygen atoms in total. The van der Waals surface area contributed by atoms with Gasteiger partial charge in [0.15, 0.2) is 0 Å². The molecular weight excluding hydrogens is 249 g/mol. The average molecular weight is 249 g/mol. The van der Waals surface area contributed by atoms with Crippen molar-refractivity contribution in [2.45, 2.75) is 0 Å². The monoisotopic (exact) mass is 249 g/mol. The summed E-state index contributed by atoms with van der Waals surface area (Å²) in [5.74, 6) is 0. The average Bonchev–Trinajstić information content (AvgIpc) is 0. The summed E-state index contributed by atoms with van der Waals surface area (Å²) >= 11 is 0. The molecule has 0 aromatic rings. The first-order valence-corrected chi connectivity index (χ1v) is 0. The maximum atomic E-state index is 0. The zero-order chi connectivity index (χ0) is 0. The molecule has 0 aliphatic rings. The van der Waals surface area contributed by atoms with Crippen LogP contribution in [0.5, 0.6) is 0 Å². The first-order chi connectivity index (χ1) is 0. The van der Waals surface area contributed by atoms with E-state index in [1.54, 1.807) is 0 Å². The van der Waals surface area contributed by atoms with Gasteiger partial charge in [0, 0.05) is 78.5 Å². The minimum atomic E-state index is 0. The Bertz CT molecular complexity index is 8.00. The van der Waals surface area contributed by atoms with Crippen LogP contribution in [-0.2, 0) is 78.5 Å². The van der Waals surface area contributed by atoms with Gasteiger partial charge in [-0.05, 0) is 0 Å². The third-order valence-corrected chi connectivity index (χ3v) is 0. The third-order valence-electron chi connectivity index (χ3n) is 0. The molecule has 0 rings (SSSR count). The first-order valence-electron chi connectivity index (χ1n) is 0. The van der Waals surface area contributed by atoms with E-state index < -0.39 is 0 Å². The Morgan fingerprint density at radius 2 is 1.00 bits per heavy atom. The van der Waals surface area contributed by atoms with Crippen LogP contribution < -0.4 is 0 Å². The topological polar surface area (TPSA) is 0 Å². The maximum Gasteiger partial charge on any atom is 0 e. The molecule has 4 heteroatoms. The van der Waals surface area contributed by atoms with Crippen molar-refractivity contribution in [3.05, 3.63) is 0 Å². The minimum Gasteiger partial charge on any atom is 0 e. The van der Waals surface area contributed by atoms with Gasteiger partial charge in [0.25, 0.3) is 0 Å². The number of hydrogen-bond acceptors (Lipinski definition) is 0. The molecule has 0 spiro atoms. The zero-order valence-electron chi connectivity index (χ0n) is 1.71. The number of rotatable bonds is 0. The standard InChI is InChI=1S/Cr.Fe.Nb.Ti. The Morgan fingerprint density at radius 3 is 1.00 bits per heavy atom. The molecule has 0 fully saturated rings. The van der Waals surface area contributed by atoms with Crippen molar-refractivity contribution in [2.75, 3.05) is 0 Å². The quantitative estimate of drug-likeness (QED) is 0.529. The van der Waals surface area contributed by atoms with Gasteiger partial charge in [-0.15, -0.1) is 0 Å². The predicted octanol–water partition coefficient (Wildman–Crippen LogP) is -0.0100. The Kier molecular flexibility index (Phi) is 140. The fourth-order valence-electron chi connectivity index (χ4n) is 0. The van der Waals surface area contributed by atoms with Gasteiger partial charge < -0.3 is 0 Å². The van der Waals surface area contributed by atoms with E-state index in [4.69, 9.17) is 0 Å². The molecule has 0 atom stereocenters. The summed E-state index contributed by atoms with van der Waals surface area (Å²) < 4.78 is 0. The van der Waals surface area contributed by atoms with Gasteiger partial charge in [0.2, 0.25) is 0 Å². The number of hydrogen-bond donors (Lipinski definition) is 0. The van der Waals surface area contributed by atoms with Crippen molar-refractivity contribution >= 4 is 0 Å². The van der Waals surface area contributed by atoms with Crippen molar-refractivity contribution in [3.63, 3.8) is 0 Å². The fraction of sp³-hybridized carbons (Fsp3) is 0. The summed E-state index contributed by atoms with van der Waals surface area (Å²) in [5.41, 5.74) is 0. The van der Waals surface area contributed by atoms with Crippen LogP contribution in [0.15, 0.2) is 0 Å².